The maximum Gasteiger partial charge on any atom is 0.253 e. The number of thiazole rings is 1. The Balaban J connectivity index is 1.62. The Morgan fingerprint density at radius 2 is 1.93 bits per heavy atom. The first kappa shape index (κ1) is 18.6. The fourth-order valence-corrected chi connectivity index (χ4v) is 4.54. The summed E-state index contributed by atoms with van der Waals surface area (Å²) in [6.45, 7) is 0.416. The number of hydrogen-bond donors (Lipinski definition) is 2. The highest BCUT2D eigenvalue weighted by Gasteiger charge is 2.10. The quantitative estimate of drug-likeness (QED) is 0.454. The molecule has 0 spiro atoms. The second-order valence-electron chi connectivity index (χ2n) is 6.14. The van der Waals surface area contributed by atoms with E-state index in [2.05, 4.69) is 21.4 Å². The average Bonchev–Trinajstić information content (AvgIpc) is 3.13. The van der Waals surface area contributed by atoms with Gasteiger partial charge in [0.05, 0.1) is 30.0 Å². The summed E-state index contributed by atoms with van der Waals surface area (Å²) in [4.78, 5) is 20.0. The number of aromatic amines is 1. The summed E-state index contributed by atoms with van der Waals surface area (Å²) in [5.74, 6) is 1.21. The van der Waals surface area contributed by atoms with Crippen LogP contribution < -0.4 is 20.3 Å². The van der Waals surface area contributed by atoms with Crippen LogP contribution in [0, 0.1) is 0 Å². The summed E-state index contributed by atoms with van der Waals surface area (Å²) < 4.78 is 12.8. The van der Waals surface area contributed by atoms with Gasteiger partial charge < -0.3 is 19.8 Å². The van der Waals surface area contributed by atoms with Crippen molar-refractivity contribution in [1.82, 2.24) is 9.97 Å². The third kappa shape index (κ3) is 3.53. The summed E-state index contributed by atoms with van der Waals surface area (Å²) in [6, 6.07) is 11.6. The highest BCUT2D eigenvalue weighted by Crippen LogP contribution is 2.32. The zero-order valence-corrected chi connectivity index (χ0v) is 17.3. The van der Waals surface area contributed by atoms with E-state index in [1.807, 2.05) is 30.5 Å². The number of nitrogens with one attached hydrogen (secondary N) is 2. The molecule has 2 heterocycles. The van der Waals surface area contributed by atoms with Crippen molar-refractivity contribution in [3.05, 3.63) is 52.3 Å². The molecule has 0 radical (unpaired) electrons. The SMILES string of the molecule is COc1cc2cc(CNc3ccc4nc(SC)sc4c3)c(=O)[nH]c2cc1OC. The number of ether oxygens (including phenoxy) is 2. The number of fused-ring (bicyclic) bond motifs is 2. The molecule has 0 bridgehead atoms. The molecule has 4 aromatic rings. The van der Waals surface area contributed by atoms with Gasteiger partial charge in [-0.25, -0.2) is 4.98 Å². The molecule has 6 nitrogen and oxygen atoms in total. The van der Waals surface area contributed by atoms with Gasteiger partial charge in [0, 0.05) is 29.2 Å². The molecular formula is C20H19N3O3S2. The second-order valence-corrected chi connectivity index (χ2v) is 8.22. The van der Waals surface area contributed by atoms with Crippen LogP contribution in [0.4, 0.5) is 5.69 Å². The van der Waals surface area contributed by atoms with E-state index in [0.29, 0.717) is 29.1 Å². The Labute approximate surface area is 169 Å². The third-order valence-electron chi connectivity index (χ3n) is 4.45. The lowest BCUT2D eigenvalue weighted by Gasteiger charge is -2.11. The van der Waals surface area contributed by atoms with Crippen LogP contribution in [0.5, 0.6) is 11.5 Å². The number of H-pyrrole nitrogens is 1. The molecule has 0 unspecified atom stereocenters. The van der Waals surface area contributed by atoms with Gasteiger partial charge in [-0.15, -0.1) is 11.3 Å². The molecule has 0 atom stereocenters. The Bertz CT molecular complexity index is 1220. The zero-order valence-electron chi connectivity index (χ0n) is 15.7. The van der Waals surface area contributed by atoms with Gasteiger partial charge in [-0.05, 0) is 36.6 Å². The first-order chi connectivity index (χ1) is 13.6. The molecule has 0 saturated carbocycles. The number of hydrogen-bond acceptors (Lipinski definition) is 7. The maximum atomic E-state index is 12.5. The van der Waals surface area contributed by atoms with Crippen LogP contribution in [0.15, 0.2) is 45.5 Å². The van der Waals surface area contributed by atoms with Crippen LogP contribution in [0.1, 0.15) is 5.56 Å². The van der Waals surface area contributed by atoms with Gasteiger partial charge in [0.1, 0.15) is 0 Å². The van der Waals surface area contributed by atoms with Crippen molar-refractivity contribution in [2.24, 2.45) is 0 Å². The van der Waals surface area contributed by atoms with E-state index >= 15 is 0 Å². The Morgan fingerprint density at radius 1 is 1.14 bits per heavy atom. The third-order valence-corrected chi connectivity index (χ3v) is 6.46. The summed E-state index contributed by atoms with van der Waals surface area (Å²) in [5.41, 5.74) is 3.17. The lowest BCUT2D eigenvalue weighted by molar-refractivity contribution is 0.356. The number of thioether (sulfide) groups is 1. The molecule has 28 heavy (non-hydrogen) atoms. The number of anilines is 1. The lowest BCUT2D eigenvalue weighted by atomic mass is 10.1. The van der Waals surface area contributed by atoms with Gasteiger partial charge in [-0.2, -0.15) is 0 Å². The fourth-order valence-electron chi connectivity index (χ4n) is 3.01. The molecule has 0 aliphatic rings. The number of benzene rings is 2. The van der Waals surface area contributed by atoms with Crippen LogP contribution in [0.3, 0.4) is 0 Å². The molecule has 144 valence electrons. The van der Waals surface area contributed by atoms with Gasteiger partial charge >= 0.3 is 0 Å². The van der Waals surface area contributed by atoms with Gasteiger partial charge in [0.25, 0.3) is 5.56 Å². The second kappa shape index (κ2) is 7.73. The van der Waals surface area contributed by atoms with E-state index in [1.54, 1.807) is 43.4 Å². The van der Waals surface area contributed by atoms with E-state index in [4.69, 9.17) is 9.47 Å². The topological polar surface area (TPSA) is 76.2 Å². The van der Waals surface area contributed by atoms with Crippen LogP contribution in [-0.4, -0.2) is 30.4 Å². The first-order valence-corrected chi connectivity index (χ1v) is 10.6. The summed E-state index contributed by atoms with van der Waals surface area (Å²) >= 11 is 3.31. The molecule has 0 amide bonds. The van der Waals surface area contributed by atoms with Crippen LogP contribution in [0.25, 0.3) is 21.1 Å². The van der Waals surface area contributed by atoms with E-state index in [-0.39, 0.29) is 5.56 Å². The zero-order chi connectivity index (χ0) is 19.7. The van der Waals surface area contributed by atoms with Gasteiger partial charge in [-0.1, -0.05) is 11.8 Å². The van der Waals surface area contributed by atoms with Crippen molar-refractivity contribution in [3.63, 3.8) is 0 Å². The smallest absolute Gasteiger partial charge is 0.253 e. The minimum absolute atomic E-state index is 0.129. The highest BCUT2D eigenvalue weighted by molar-refractivity contribution is 8.00. The minimum Gasteiger partial charge on any atom is -0.493 e. The van der Waals surface area contributed by atoms with Crippen LogP contribution >= 0.6 is 23.1 Å². The number of nitrogens with zero attached hydrogens (tertiary/aromatic N) is 1. The van der Waals surface area contributed by atoms with Crippen molar-refractivity contribution in [2.75, 3.05) is 25.8 Å². The van der Waals surface area contributed by atoms with E-state index < -0.39 is 0 Å². The molecule has 2 aromatic heterocycles. The first-order valence-electron chi connectivity index (χ1n) is 8.57. The summed E-state index contributed by atoms with van der Waals surface area (Å²) in [6.07, 6.45) is 2.02. The molecule has 0 fully saturated rings. The number of pyridine rings is 1. The monoisotopic (exact) mass is 413 g/mol. The molecule has 8 heteroatoms. The predicted octanol–water partition coefficient (Wildman–Crippen LogP) is 4.49. The van der Waals surface area contributed by atoms with Gasteiger partial charge in [0.2, 0.25) is 0 Å². The van der Waals surface area contributed by atoms with E-state index in [1.165, 1.54) is 0 Å². The Morgan fingerprint density at radius 3 is 2.68 bits per heavy atom. The van der Waals surface area contributed by atoms with Crippen molar-refractivity contribution in [1.29, 1.82) is 0 Å². The van der Waals surface area contributed by atoms with Gasteiger partial charge in [0.15, 0.2) is 15.8 Å². The Hall–Kier alpha value is -2.71. The molecule has 0 saturated heterocycles. The van der Waals surface area contributed by atoms with Crippen LogP contribution in [-0.2, 0) is 6.54 Å². The molecule has 2 N–H and O–H groups in total. The average molecular weight is 414 g/mol. The number of aromatic nitrogens is 2. The van der Waals surface area contributed by atoms with Gasteiger partial charge in [-0.3, -0.25) is 4.79 Å². The standard InChI is InChI=1S/C20H19N3O3S2/c1-25-16-7-11-6-12(19(24)22-15(11)9-17(16)26-2)10-21-13-4-5-14-18(8-13)28-20(23-14)27-3/h4-9,21H,10H2,1-3H3,(H,22,24). The fraction of sp³-hybridized carbons (Fsp3) is 0.200. The highest BCUT2D eigenvalue weighted by atomic mass is 32.2. The molecule has 0 aliphatic heterocycles. The summed E-state index contributed by atoms with van der Waals surface area (Å²) in [7, 11) is 3.16. The molecule has 2 aromatic carbocycles. The predicted molar refractivity (Wildman–Crippen MR) is 116 cm³/mol. The molecule has 4 rings (SSSR count). The van der Waals surface area contributed by atoms with Crippen LogP contribution in [0.2, 0.25) is 0 Å². The number of rotatable bonds is 6. The van der Waals surface area contributed by atoms with Crippen molar-refractivity contribution < 1.29 is 9.47 Å². The molecular weight excluding hydrogens is 394 g/mol. The Kier molecular flexibility index (Phi) is 5.15. The van der Waals surface area contributed by atoms with Crippen molar-refractivity contribution in [3.8, 4) is 11.5 Å². The van der Waals surface area contributed by atoms with Crippen molar-refractivity contribution in [2.45, 2.75) is 10.9 Å². The van der Waals surface area contributed by atoms with E-state index in [9.17, 15) is 4.79 Å². The molecule has 0 aliphatic carbocycles. The number of methoxy groups -OCH3 is 2. The maximum absolute atomic E-state index is 12.5. The lowest BCUT2D eigenvalue weighted by Crippen LogP contribution is -2.15. The summed E-state index contributed by atoms with van der Waals surface area (Å²) in [5, 5.41) is 4.22. The normalized spacial score (nSPS) is 11.1. The van der Waals surface area contributed by atoms with E-state index in [0.717, 1.165) is 25.6 Å². The largest absolute Gasteiger partial charge is 0.493 e. The van der Waals surface area contributed by atoms with Crippen molar-refractivity contribution >= 4 is 49.9 Å². The minimum atomic E-state index is -0.129.